The lowest BCUT2D eigenvalue weighted by atomic mass is 10.1. The summed E-state index contributed by atoms with van der Waals surface area (Å²) in [4.78, 5) is 2.35. The third kappa shape index (κ3) is 3.72. The second-order valence-electron chi connectivity index (χ2n) is 4.69. The predicted octanol–water partition coefficient (Wildman–Crippen LogP) is 1.69. The normalized spacial score (nSPS) is 21.4. The highest BCUT2D eigenvalue weighted by Crippen LogP contribution is 2.14. The van der Waals surface area contributed by atoms with Crippen LogP contribution in [0.5, 0.6) is 5.75 Å². The Morgan fingerprint density at radius 1 is 1.35 bits per heavy atom. The zero-order chi connectivity index (χ0) is 12.1. The maximum Gasteiger partial charge on any atom is 0.118 e. The van der Waals surface area contributed by atoms with E-state index in [1.54, 1.807) is 7.11 Å². The van der Waals surface area contributed by atoms with Crippen molar-refractivity contribution in [2.75, 3.05) is 26.7 Å². The summed E-state index contributed by atoms with van der Waals surface area (Å²) in [5, 5.41) is 9.59. The van der Waals surface area contributed by atoms with Crippen LogP contribution >= 0.6 is 0 Å². The van der Waals surface area contributed by atoms with Gasteiger partial charge < -0.3 is 14.7 Å². The summed E-state index contributed by atoms with van der Waals surface area (Å²) >= 11 is 0. The predicted molar refractivity (Wildman–Crippen MR) is 68.4 cm³/mol. The van der Waals surface area contributed by atoms with Gasteiger partial charge in [-0.15, -0.1) is 0 Å². The molecule has 17 heavy (non-hydrogen) atoms. The molecule has 0 aromatic heterocycles. The number of hydrogen-bond acceptors (Lipinski definition) is 3. The third-order valence-corrected chi connectivity index (χ3v) is 3.36. The zero-order valence-electron chi connectivity index (χ0n) is 10.4. The molecule has 0 aliphatic carbocycles. The van der Waals surface area contributed by atoms with Gasteiger partial charge in [0, 0.05) is 13.1 Å². The van der Waals surface area contributed by atoms with Crippen LogP contribution in [0.4, 0.5) is 0 Å². The first kappa shape index (κ1) is 12.4. The maximum absolute atomic E-state index is 9.59. The van der Waals surface area contributed by atoms with Gasteiger partial charge in [-0.3, -0.25) is 0 Å². The Balaban J connectivity index is 1.80. The number of ether oxygens (including phenoxy) is 1. The first-order chi connectivity index (χ1) is 8.28. The van der Waals surface area contributed by atoms with Gasteiger partial charge >= 0.3 is 0 Å². The minimum absolute atomic E-state index is 0.125. The molecule has 1 aromatic carbocycles. The number of nitrogens with zero attached hydrogens (tertiary/aromatic N) is 1. The molecule has 1 saturated heterocycles. The average molecular weight is 235 g/mol. The number of rotatable bonds is 4. The van der Waals surface area contributed by atoms with Crippen LogP contribution in [0.2, 0.25) is 0 Å². The number of aliphatic hydroxyl groups excluding tert-OH is 1. The van der Waals surface area contributed by atoms with Crippen LogP contribution in [0.3, 0.4) is 0 Å². The molecule has 1 N–H and O–H groups in total. The number of β-amino-alcohol motifs (C(OH)–C–C–N with tert-alkyl or cyclic N) is 1. The minimum Gasteiger partial charge on any atom is -0.497 e. The molecule has 0 radical (unpaired) electrons. The molecule has 1 aliphatic rings. The zero-order valence-corrected chi connectivity index (χ0v) is 10.4. The van der Waals surface area contributed by atoms with Crippen molar-refractivity contribution in [3.63, 3.8) is 0 Å². The van der Waals surface area contributed by atoms with Crippen molar-refractivity contribution >= 4 is 0 Å². The van der Waals surface area contributed by atoms with Crippen LogP contribution in [-0.4, -0.2) is 42.9 Å². The second-order valence-corrected chi connectivity index (χ2v) is 4.69. The lowest BCUT2D eigenvalue weighted by Gasteiger charge is -2.29. The van der Waals surface area contributed by atoms with E-state index in [4.69, 9.17) is 4.74 Å². The molecule has 1 heterocycles. The summed E-state index contributed by atoms with van der Waals surface area (Å²) in [6.45, 7) is 2.98. The van der Waals surface area contributed by atoms with E-state index in [1.807, 2.05) is 12.1 Å². The second kappa shape index (κ2) is 6.03. The number of piperidine rings is 1. The topological polar surface area (TPSA) is 32.7 Å². The molecular weight excluding hydrogens is 214 g/mol. The molecule has 1 atom stereocenters. The number of benzene rings is 1. The maximum atomic E-state index is 9.59. The Kier molecular flexibility index (Phi) is 4.40. The summed E-state index contributed by atoms with van der Waals surface area (Å²) < 4.78 is 5.13. The van der Waals surface area contributed by atoms with Gasteiger partial charge in [0.25, 0.3) is 0 Å². The summed E-state index contributed by atoms with van der Waals surface area (Å²) in [5.74, 6) is 0.905. The van der Waals surface area contributed by atoms with Crippen LogP contribution in [0.15, 0.2) is 24.3 Å². The molecule has 1 fully saturated rings. The fourth-order valence-electron chi connectivity index (χ4n) is 2.31. The number of aliphatic hydroxyl groups is 1. The minimum atomic E-state index is -0.125. The highest BCUT2D eigenvalue weighted by atomic mass is 16.5. The number of hydrogen-bond donors (Lipinski definition) is 1. The van der Waals surface area contributed by atoms with Crippen LogP contribution in [0.1, 0.15) is 18.4 Å². The van der Waals surface area contributed by atoms with E-state index in [0.29, 0.717) is 0 Å². The summed E-state index contributed by atoms with van der Waals surface area (Å²) in [5.41, 5.74) is 1.32. The van der Waals surface area contributed by atoms with Gasteiger partial charge in [0.1, 0.15) is 5.75 Å². The van der Waals surface area contributed by atoms with Crippen LogP contribution < -0.4 is 4.74 Å². The van der Waals surface area contributed by atoms with Crippen molar-refractivity contribution in [1.29, 1.82) is 0 Å². The van der Waals surface area contributed by atoms with E-state index < -0.39 is 0 Å². The van der Waals surface area contributed by atoms with Crippen LogP contribution in [-0.2, 0) is 6.42 Å². The molecule has 3 heteroatoms. The Morgan fingerprint density at radius 3 is 2.76 bits per heavy atom. The van der Waals surface area contributed by atoms with Gasteiger partial charge in [-0.2, -0.15) is 0 Å². The van der Waals surface area contributed by atoms with E-state index in [0.717, 1.165) is 44.6 Å². The van der Waals surface area contributed by atoms with Gasteiger partial charge in [-0.25, -0.2) is 0 Å². The fraction of sp³-hybridized carbons (Fsp3) is 0.571. The van der Waals surface area contributed by atoms with E-state index in [9.17, 15) is 5.11 Å². The van der Waals surface area contributed by atoms with Crippen LogP contribution in [0, 0.1) is 0 Å². The molecular formula is C14H21NO2. The van der Waals surface area contributed by atoms with Gasteiger partial charge in [0.05, 0.1) is 13.2 Å². The molecule has 2 rings (SSSR count). The van der Waals surface area contributed by atoms with Crippen molar-refractivity contribution in [3.05, 3.63) is 29.8 Å². The molecule has 94 valence electrons. The SMILES string of the molecule is COc1ccc(CCN2CCCC(O)C2)cc1. The van der Waals surface area contributed by atoms with Crippen molar-refractivity contribution in [1.82, 2.24) is 4.90 Å². The first-order valence-electron chi connectivity index (χ1n) is 6.31. The Labute approximate surface area is 103 Å². The summed E-state index contributed by atoms with van der Waals surface area (Å²) in [6.07, 6.45) is 2.99. The van der Waals surface area contributed by atoms with Gasteiger partial charge in [0.2, 0.25) is 0 Å². The summed E-state index contributed by atoms with van der Waals surface area (Å²) in [6, 6.07) is 8.22. The Hall–Kier alpha value is -1.06. The van der Waals surface area contributed by atoms with Gasteiger partial charge in [0.15, 0.2) is 0 Å². The molecule has 0 amide bonds. The van der Waals surface area contributed by atoms with Crippen molar-refractivity contribution in [3.8, 4) is 5.75 Å². The first-order valence-corrected chi connectivity index (χ1v) is 6.31. The third-order valence-electron chi connectivity index (χ3n) is 3.36. The Morgan fingerprint density at radius 2 is 2.12 bits per heavy atom. The van der Waals surface area contributed by atoms with Gasteiger partial charge in [-0.05, 0) is 43.5 Å². The molecule has 0 spiro atoms. The molecule has 0 bridgehead atoms. The number of likely N-dealkylation sites (tertiary alicyclic amines) is 1. The fourth-order valence-corrected chi connectivity index (χ4v) is 2.31. The van der Waals surface area contributed by atoms with E-state index >= 15 is 0 Å². The van der Waals surface area contributed by atoms with Crippen molar-refractivity contribution in [2.24, 2.45) is 0 Å². The number of methoxy groups -OCH3 is 1. The van der Waals surface area contributed by atoms with E-state index in [2.05, 4.69) is 17.0 Å². The van der Waals surface area contributed by atoms with Gasteiger partial charge in [-0.1, -0.05) is 12.1 Å². The summed E-state index contributed by atoms with van der Waals surface area (Å²) in [7, 11) is 1.68. The molecule has 1 aliphatic heterocycles. The van der Waals surface area contributed by atoms with E-state index in [1.165, 1.54) is 5.56 Å². The Bertz CT molecular complexity index is 337. The highest BCUT2D eigenvalue weighted by molar-refractivity contribution is 5.27. The molecule has 0 saturated carbocycles. The average Bonchev–Trinajstić information content (AvgIpc) is 2.37. The quantitative estimate of drug-likeness (QED) is 0.862. The van der Waals surface area contributed by atoms with Crippen molar-refractivity contribution < 1.29 is 9.84 Å². The molecule has 1 aromatic rings. The lowest BCUT2D eigenvalue weighted by molar-refractivity contribution is 0.0714. The molecule has 1 unspecified atom stereocenters. The lowest BCUT2D eigenvalue weighted by Crippen LogP contribution is -2.39. The van der Waals surface area contributed by atoms with Crippen LogP contribution in [0.25, 0.3) is 0 Å². The van der Waals surface area contributed by atoms with E-state index in [-0.39, 0.29) is 6.10 Å². The van der Waals surface area contributed by atoms with Crippen molar-refractivity contribution in [2.45, 2.75) is 25.4 Å². The standard InChI is InChI=1S/C14H21NO2/c1-17-14-6-4-12(5-7-14)8-10-15-9-2-3-13(16)11-15/h4-7,13,16H,2-3,8-11H2,1H3. The molecule has 3 nitrogen and oxygen atoms in total. The smallest absolute Gasteiger partial charge is 0.118 e. The highest BCUT2D eigenvalue weighted by Gasteiger charge is 2.16. The largest absolute Gasteiger partial charge is 0.497 e. The monoisotopic (exact) mass is 235 g/mol.